The van der Waals surface area contributed by atoms with Crippen LogP contribution in [-0.2, 0) is 9.84 Å². The summed E-state index contributed by atoms with van der Waals surface area (Å²) in [7, 11) is -3.43. The van der Waals surface area contributed by atoms with Crippen molar-refractivity contribution in [3.05, 3.63) is 43.3 Å². The molecule has 3 heterocycles. The number of sulfone groups is 1. The number of imidazole rings is 1. The highest BCUT2D eigenvalue weighted by atomic mass is 32.2. The lowest BCUT2D eigenvalue weighted by Gasteiger charge is -2.06. The lowest BCUT2D eigenvalue weighted by molar-refractivity contribution is 0.572. The van der Waals surface area contributed by atoms with Crippen LogP contribution in [-0.4, -0.2) is 34.2 Å². The van der Waals surface area contributed by atoms with Crippen molar-refractivity contribution in [3.63, 3.8) is 0 Å². The Morgan fingerprint density at radius 2 is 2.10 bits per heavy atom. The highest BCUT2D eigenvalue weighted by Gasteiger charge is 2.16. The molecule has 0 bridgehead atoms. The van der Waals surface area contributed by atoms with E-state index in [0.717, 1.165) is 11.8 Å². The Kier molecular flexibility index (Phi) is 2.87. The number of hydrogen-bond donors (Lipinski definition) is 0. The predicted octanol–water partition coefficient (Wildman–Crippen LogP) is 1.33. The third kappa shape index (κ3) is 2.21. The molecule has 3 aromatic rings. The van der Waals surface area contributed by atoms with E-state index in [4.69, 9.17) is 4.42 Å². The van der Waals surface area contributed by atoms with Gasteiger partial charge in [0.25, 0.3) is 0 Å². The maximum absolute atomic E-state index is 11.7. The Labute approximate surface area is 114 Å². The van der Waals surface area contributed by atoms with Crippen molar-refractivity contribution in [2.75, 3.05) is 6.26 Å². The van der Waals surface area contributed by atoms with Gasteiger partial charge in [-0.15, -0.1) is 0 Å². The fourth-order valence-corrected chi connectivity index (χ4v) is 2.56. The fourth-order valence-electron chi connectivity index (χ4n) is 1.80. The average molecular weight is 290 g/mol. The van der Waals surface area contributed by atoms with E-state index in [1.807, 2.05) is 0 Å². The molecular weight excluding hydrogens is 280 g/mol. The van der Waals surface area contributed by atoms with Crippen molar-refractivity contribution in [1.82, 2.24) is 19.5 Å². The molecule has 20 heavy (non-hydrogen) atoms. The molecule has 0 aliphatic heterocycles. The molecule has 0 saturated carbocycles. The minimum atomic E-state index is -3.43. The van der Waals surface area contributed by atoms with E-state index in [-0.39, 0.29) is 5.16 Å². The summed E-state index contributed by atoms with van der Waals surface area (Å²) in [6.07, 6.45) is 8.53. The standard InChI is InChI=1S/C12H10N4O3S/c1-20(17,18)12-15-4-5-16(12)11-6-9(2-3-14-11)10-7-13-8-19-10/h2-8H,1H3. The van der Waals surface area contributed by atoms with E-state index >= 15 is 0 Å². The molecule has 0 aliphatic rings. The van der Waals surface area contributed by atoms with Crippen LogP contribution >= 0.6 is 0 Å². The fraction of sp³-hybridized carbons (Fsp3) is 0.0833. The molecule has 102 valence electrons. The van der Waals surface area contributed by atoms with Gasteiger partial charge in [0.1, 0.15) is 5.82 Å². The van der Waals surface area contributed by atoms with Crippen LogP contribution < -0.4 is 0 Å². The Morgan fingerprint density at radius 1 is 1.25 bits per heavy atom. The van der Waals surface area contributed by atoms with E-state index in [9.17, 15) is 8.42 Å². The third-order valence-corrected chi connectivity index (χ3v) is 3.61. The summed E-state index contributed by atoms with van der Waals surface area (Å²) in [6.45, 7) is 0. The lowest BCUT2D eigenvalue weighted by Crippen LogP contribution is -2.08. The molecule has 3 aromatic heterocycles. The van der Waals surface area contributed by atoms with Gasteiger partial charge in [-0.3, -0.25) is 4.57 Å². The van der Waals surface area contributed by atoms with E-state index in [1.54, 1.807) is 30.7 Å². The number of oxazole rings is 1. The molecule has 7 nitrogen and oxygen atoms in total. The average Bonchev–Trinajstić information content (AvgIpc) is 3.10. The van der Waals surface area contributed by atoms with Gasteiger partial charge in [0.15, 0.2) is 12.2 Å². The number of aromatic nitrogens is 4. The van der Waals surface area contributed by atoms with E-state index in [2.05, 4.69) is 15.0 Å². The SMILES string of the molecule is CS(=O)(=O)c1nccn1-c1cc(-c2cnco2)ccn1. The third-order valence-electron chi connectivity index (χ3n) is 2.65. The van der Waals surface area contributed by atoms with Crippen LogP contribution in [0, 0.1) is 0 Å². The normalized spacial score (nSPS) is 11.7. The molecule has 0 saturated heterocycles. The zero-order valence-electron chi connectivity index (χ0n) is 10.5. The summed E-state index contributed by atoms with van der Waals surface area (Å²) in [5, 5.41) is -0.0558. The van der Waals surface area contributed by atoms with Gasteiger partial charge in [-0.25, -0.2) is 23.4 Å². The summed E-state index contributed by atoms with van der Waals surface area (Å²) >= 11 is 0. The second kappa shape index (κ2) is 4.57. The zero-order chi connectivity index (χ0) is 14.2. The maximum Gasteiger partial charge on any atom is 0.233 e. The highest BCUT2D eigenvalue weighted by molar-refractivity contribution is 7.90. The maximum atomic E-state index is 11.7. The molecular formula is C12H10N4O3S. The van der Waals surface area contributed by atoms with Gasteiger partial charge in [-0.2, -0.15) is 0 Å². The largest absolute Gasteiger partial charge is 0.444 e. The van der Waals surface area contributed by atoms with Crippen molar-refractivity contribution in [2.24, 2.45) is 0 Å². The van der Waals surface area contributed by atoms with Crippen molar-refractivity contribution in [3.8, 4) is 17.1 Å². The summed E-state index contributed by atoms with van der Waals surface area (Å²) in [4.78, 5) is 11.9. The second-order valence-electron chi connectivity index (χ2n) is 4.12. The topological polar surface area (TPSA) is 90.9 Å². The van der Waals surface area contributed by atoms with Crippen molar-refractivity contribution >= 4 is 9.84 Å². The second-order valence-corrected chi connectivity index (χ2v) is 6.03. The molecule has 0 radical (unpaired) electrons. The number of nitrogens with zero attached hydrogens (tertiary/aromatic N) is 4. The van der Waals surface area contributed by atoms with E-state index in [0.29, 0.717) is 11.6 Å². The van der Waals surface area contributed by atoms with Crippen LogP contribution in [0.15, 0.2) is 52.9 Å². The van der Waals surface area contributed by atoms with Gasteiger partial charge < -0.3 is 4.42 Å². The van der Waals surface area contributed by atoms with Gasteiger partial charge >= 0.3 is 0 Å². The molecule has 0 fully saturated rings. The first-order chi connectivity index (χ1) is 9.55. The van der Waals surface area contributed by atoms with Crippen LogP contribution in [0.5, 0.6) is 0 Å². The first-order valence-electron chi connectivity index (χ1n) is 5.64. The molecule has 8 heteroatoms. The van der Waals surface area contributed by atoms with E-state index < -0.39 is 9.84 Å². The highest BCUT2D eigenvalue weighted by Crippen LogP contribution is 2.21. The van der Waals surface area contributed by atoms with Gasteiger partial charge in [0.2, 0.25) is 15.0 Å². The summed E-state index contributed by atoms with van der Waals surface area (Å²) in [5.74, 6) is 1.02. The molecule has 0 unspecified atom stereocenters. The monoisotopic (exact) mass is 290 g/mol. The van der Waals surface area contributed by atoms with E-state index in [1.165, 1.54) is 17.2 Å². The Morgan fingerprint density at radius 3 is 2.80 bits per heavy atom. The molecule has 0 aliphatic carbocycles. The van der Waals surface area contributed by atoms with Crippen molar-refractivity contribution in [2.45, 2.75) is 5.16 Å². The first-order valence-corrected chi connectivity index (χ1v) is 7.53. The molecule has 0 amide bonds. The number of hydrogen-bond acceptors (Lipinski definition) is 6. The molecule has 0 spiro atoms. The molecule has 0 N–H and O–H groups in total. The predicted molar refractivity (Wildman–Crippen MR) is 70.0 cm³/mol. The minimum Gasteiger partial charge on any atom is -0.444 e. The van der Waals surface area contributed by atoms with Crippen molar-refractivity contribution < 1.29 is 12.8 Å². The van der Waals surface area contributed by atoms with Gasteiger partial charge in [-0.1, -0.05) is 0 Å². The van der Waals surface area contributed by atoms with Crippen LogP contribution in [0.1, 0.15) is 0 Å². The van der Waals surface area contributed by atoms with Gasteiger partial charge in [-0.05, 0) is 12.1 Å². The number of pyridine rings is 1. The zero-order valence-corrected chi connectivity index (χ0v) is 11.3. The van der Waals surface area contributed by atoms with Gasteiger partial charge in [0, 0.05) is 30.4 Å². The summed E-state index contributed by atoms with van der Waals surface area (Å²) in [6, 6.07) is 3.46. The van der Waals surface area contributed by atoms with Gasteiger partial charge in [0.05, 0.1) is 6.20 Å². The molecule has 3 rings (SSSR count). The lowest BCUT2D eigenvalue weighted by atomic mass is 10.2. The Hall–Kier alpha value is -2.48. The number of rotatable bonds is 3. The quantitative estimate of drug-likeness (QED) is 0.722. The molecule has 0 atom stereocenters. The van der Waals surface area contributed by atoms with Crippen molar-refractivity contribution in [1.29, 1.82) is 0 Å². The van der Waals surface area contributed by atoms with Crippen LogP contribution in [0.4, 0.5) is 0 Å². The molecule has 0 aromatic carbocycles. The van der Waals surface area contributed by atoms with Crippen LogP contribution in [0.3, 0.4) is 0 Å². The van der Waals surface area contributed by atoms with Crippen LogP contribution in [0.25, 0.3) is 17.1 Å². The summed E-state index contributed by atoms with van der Waals surface area (Å²) < 4.78 is 29.9. The smallest absolute Gasteiger partial charge is 0.233 e. The first kappa shape index (κ1) is 12.5. The Bertz CT molecular complexity index is 837. The minimum absolute atomic E-state index is 0.0558. The van der Waals surface area contributed by atoms with Crippen LogP contribution in [0.2, 0.25) is 0 Å². The Balaban J connectivity index is 2.13. The summed E-state index contributed by atoms with van der Waals surface area (Å²) in [5.41, 5.74) is 0.751.